The van der Waals surface area contributed by atoms with Crippen molar-refractivity contribution in [2.75, 3.05) is 0 Å². The van der Waals surface area contributed by atoms with E-state index in [2.05, 4.69) is 43.4 Å². The minimum atomic E-state index is -0.160. The zero-order valence-electron chi connectivity index (χ0n) is 11.4. The number of nitriles is 1. The first-order valence-electron chi connectivity index (χ1n) is 6.93. The van der Waals surface area contributed by atoms with Gasteiger partial charge in [0.05, 0.1) is 6.07 Å². The predicted molar refractivity (Wildman–Crippen MR) is 74.3 cm³/mol. The highest BCUT2D eigenvalue weighted by Gasteiger charge is 2.18. The normalized spacial score (nSPS) is 18.3. The van der Waals surface area contributed by atoms with Gasteiger partial charge in [-0.2, -0.15) is 5.26 Å². The van der Waals surface area contributed by atoms with Gasteiger partial charge in [-0.05, 0) is 43.4 Å². The van der Waals surface area contributed by atoms with Crippen molar-refractivity contribution in [1.82, 2.24) is 5.32 Å². The van der Waals surface area contributed by atoms with Crippen LogP contribution in [0.4, 0.5) is 0 Å². The van der Waals surface area contributed by atoms with Crippen LogP contribution in [0.2, 0.25) is 0 Å². The van der Waals surface area contributed by atoms with Gasteiger partial charge in [0.1, 0.15) is 6.04 Å². The Labute approximate surface area is 110 Å². The molecule has 1 aliphatic carbocycles. The lowest BCUT2D eigenvalue weighted by Crippen LogP contribution is -2.33. The molecule has 2 rings (SSSR count). The number of aryl methyl sites for hydroxylation is 2. The first-order chi connectivity index (χ1) is 8.70. The Kier molecular flexibility index (Phi) is 4.38. The van der Waals surface area contributed by atoms with E-state index in [9.17, 15) is 5.26 Å². The third-order valence-electron chi connectivity index (χ3n) is 4.00. The van der Waals surface area contributed by atoms with Crippen molar-refractivity contribution < 1.29 is 0 Å². The highest BCUT2D eigenvalue weighted by atomic mass is 14.9. The molecule has 0 aliphatic heterocycles. The lowest BCUT2D eigenvalue weighted by molar-refractivity contribution is 0.360. The van der Waals surface area contributed by atoms with Crippen LogP contribution < -0.4 is 5.32 Å². The Hall–Kier alpha value is -1.33. The van der Waals surface area contributed by atoms with Gasteiger partial charge in [0.25, 0.3) is 0 Å². The molecule has 96 valence electrons. The van der Waals surface area contributed by atoms with Crippen LogP contribution in [0.3, 0.4) is 0 Å². The fourth-order valence-corrected chi connectivity index (χ4v) is 2.66. The largest absolute Gasteiger partial charge is 0.295 e. The maximum atomic E-state index is 9.36. The standard InChI is InChI=1S/C16H22N2/c1-12-8-9-14(10-13(12)2)16(11-17)18-15-6-4-3-5-7-15/h8-10,15-16,18H,3-7H2,1-2H3. The third-order valence-corrected chi connectivity index (χ3v) is 4.00. The number of nitrogens with one attached hydrogen (secondary N) is 1. The summed E-state index contributed by atoms with van der Waals surface area (Å²) in [5.41, 5.74) is 3.65. The second-order valence-electron chi connectivity index (χ2n) is 5.41. The summed E-state index contributed by atoms with van der Waals surface area (Å²) in [4.78, 5) is 0. The summed E-state index contributed by atoms with van der Waals surface area (Å²) in [7, 11) is 0. The molecule has 0 spiro atoms. The first kappa shape index (κ1) is 13.1. The predicted octanol–water partition coefficient (Wildman–Crippen LogP) is 3.79. The zero-order valence-corrected chi connectivity index (χ0v) is 11.4. The molecule has 0 amide bonds. The van der Waals surface area contributed by atoms with Crippen molar-refractivity contribution in [3.05, 3.63) is 34.9 Å². The van der Waals surface area contributed by atoms with E-state index in [0.717, 1.165) is 5.56 Å². The molecule has 1 aromatic rings. The number of benzene rings is 1. The van der Waals surface area contributed by atoms with Crippen molar-refractivity contribution in [3.63, 3.8) is 0 Å². The van der Waals surface area contributed by atoms with E-state index in [1.165, 1.54) is 43.2 Å². The maximum Gasteiger partial charge on any atom is 0.121 e. The van der Waals surface area contributed by atoms with Crippen LogP contribution in [0.1, 0.15) is 54.8 Å². The van der Waals surface area contributed by atoms with E-state index in [-0.39, 0.29) is 6.04 Å². The number of rotatable bonds is 3. The zero-order chi connectivity index (χ0) is 13.0. The minimum absolute atomic E-state index is 0.160. The van der Waals surface area contributed by atoms with Gasteiger partial charge in [0.15, 0.2) is 0 Å². The van der Waals surface area contributed by atoms with Crippen molar-refractivity contribution in [2.24, 2.45) is 0 Å². The molecule has 1 N–H and O–H groups in total. The molecule has 1 saturated carbocycles. The van der Waals surface area contributed by atoms with Crippen molar-refractivity contribution in [3.8, 4) is 6.07 Å². The highest BCUT2D eigenvalue weighted by molar-refractivity contribution is 5.33. The Morgan fingerprint density at radius 2 is 1.89 bits per heavy atom. The average Bonchev–Trinajstić information content (AvgIpc) is 2.40. The van der Waals surface area contributed by atoms with Gasteiger partial charge in [-0.1, -0.05) is 37.5 Å². The quantitative estimate of drug-likeness (QED) is 0.875. The molecule has 2 nitrogen and oxygen atoms in total. The highest BCUT2D eigenvalue weighted by Crippen LogP contribution is 2.22. The van der Waals surface area contributed by atoms with Crippen molar-refractivity contribution >= 4 is 0 Å². The molecule has 0 radical (unpaired) electrons. The van der Waals surface area contributed by atoms with E-state index in [1.807, 2.05) is 0 Å². The minimum Gasteiger partial charge on any atom is -0.295 e. The van der Waals surface area contributed by atoms with Crippen LogP contribution in [0.5, 0.6) is 0 Å². The molecule has 1 aliphatic rings. The van der Waals surface area contributed by atoms with Crippen LogP contribution >= 0.6 is 0 Å². The maximum absolute atomic E-state index is 9.36. The molecular weight excluding hydrogens is 220 g/mol. The van der Waals surface area contributed by atoms with Gasteiger partial charge in [0.2, 0.25) is 0 Å². The number of nitrogens with zero attached hydrogens (tertiary/aromatic N) is 1. The van der Waals surface area contributed by atoms with Crippen LogP contribution in [-0.4, -0.2) is 6.04 Å². The summed E-state index contributed by atoms with van der Waals surface area (Å²) in [6.45, 7) is 4.21. The Bertz CT molecular complexity index is 439. The molecule has 1 atom stereocenters. The smallest absolute Gasteiger partial charge is 0.121 e. The molecule has 1 aromatic carbocycles. The summed E-state index contributed by atoms with van der Waals surface area (Å²) in [5, 5.41) is 12.9. The molecule has 1 fully saturated rings. The second kappa shape index (κ2) is 6.02. The fourth-order valence-electron chi connectivity index (χ4n) is 2.66. The monoisotopic (exact) mass is 242 g/mol. The van der Waals surface area contributed by atoms with E-state index in [0.29, 0.717) is 6.04 Å². The first-order valence-corrected chi connectivity index (χ1v) is 6.93. The molecular formula is C16H22N2. The van der Waals surface area contributed by atoms with Gasteiger partial charge in [-0.15, -0.1) is 0 Å². The molecule has 0 heterocycles. The summed E-state index contributed by atoms with van der Waals surface area (Å²) in [6, 6.07) is 9.08. The van der Waals surface area contributed by atoms with E-state index in [4.69, 9.17) is 0 Å². The van der Waals surface area contributed by atoms with Gasteiger partial charge in [0, 0.05) is 6.04 Å². The third kappa shape index (κ3) is 3.11. The molecule has 0 bridgehead atoms. The lowest BCUT2D eigenvalue weighted by Gasteiger charge is -2.25. The summed E-state index contributed by atoms with van der Waals surface area (Å²) >= 11 is 0. The average molecular weight is 242 g/mol. The number of hydrogen-bond acceptors (Lipinski definition) is 2. The Morgan fingerprint density at radius 1 is 1.17 bits per heavy atom. The van der Waals surface area contributed by atoms with Gasteiger partial charge in [-0.3, -0.25) is 5.32 Å². The summed E-state index contributed by atoms with van der Waals surface area (Å²) < 4.78 is 0. The lowest BCUT2D eigenvalue weighted by atomic mass is 9.93. The van der Waals surface area contributed by atoms with Crippen LogP contribution in [0, 0.1) is 25.2 Å². The van der Waals surface area contributed by atoms with Crippen LogP contribution in [0.25, 0.3) is 0 Å². The van der Waals surface area contributed by atoms with E-state index in [1.54, 1.807) is 0 Å². The molecule has 0 aromatic heterocycles. The Balaban J connectivity index is 2.07. The van der Waals surface area contributed by atoms with Crippen LogP contribution in [0.15, 0.2) is 18.2 Å². The summed E-state index contributed by atoms with van der Waals surface area (Å²) in [6.07, 6.45) is 6.36. The van der Waals surface area contributed by atoms with Crippen LogP contribution in [-0.2, 0) is 0 Å². The summed E-state index contributed by atoms with van der Waals surface area (Å²) in [5.74, 6) is 0. The van der Waals surface area contributed by atoms with E-state index < -0.39 is 0 Å². The topological polar surface area (TPSA) is 35.8 Å². The molecule has 2 heteroatoms. The second-order valence-corrected chi connectivity index (χ2v) is 5.41. The fraction of sp³-hybridized carbons (Fsp3) is 0.562. The van der Waals surface area contributed by atoms with Gasteiger partial charge >= 0.3 is 0 Å². The van der Waals surface area contributed by atoms with Gasteiger partial charge in [-0.25, -0.2) is 0 Å². The molecule has 1 unspecified atom stereocenters. The van der Waals surface area contributed by atoms with E-state index >= 15 is 0 Å². The number of hydrogen-bond donors (Lipinski definition) is 1. The Morgan fingerprint density at radius 3 is 2.50 bits per heavy atom. The van der Waals surface area contributed by atoms with Gasteiger partial charge < -0.3 is 0 Å². The van der Waals surface area contributed by atoms with Crippen molar-refractivity contribution in [2.45, 2.75) is 58.0 Å². The van der Waals surface area contributed by atoms with Crippen molar-refractivity contribution in [1.29, 1.82) is 5.26 Å². The SMILES string of the molecule is Cc1ccc(C(C#N)NC2CCCCC2)cc1C. The molecule has 0 saturated heterocycles. The molecule has 18 heavy (non-hydrogen) atoms.